The molecule has 3 N–H and O–H groups in total. The van der Waals surface area contributed by atoms with E-state index in [1.54, 1.807) is 19.3 Å². The number of hydrogen-bond donors (Lipinski definition) is 3. The molecular weight excluding hydrogens is 408 g/mol. The molecule has 2 atom stereocenters. The highest BCUT2D eigenvalue weighted by Crippen LogP contribution is 2.55. The number of aromatic nitrogens is 2. The number of aliphatic hydroxyl groups is 1. The maximum atomic E-state index is 13.3. The maximum absolute atomic E-state index is 13.3. The first-order valence-corrected chi connectivity index (χ1v) is 11.7. The fraction of sp³-hybridized carbons (Fsp3) is 0.708. The fourth-order valence-corrected chi connectivity index (χ4v) is 6.05. The Morgan fingerprint density at radius 1 is 1.28 bits per heavy atom. The number of amides is 2. The normalized spacial score (nSPS) is 31.3. The molecule has 0 aromatic carbocycles. The number of rotatable bonds is 7. The number of ether oxygens (including phenoxy) is 1. The van der Waals surface area contributed by atoms with E-state index in [1.165, 1.54) is 10.9 Å². The van der Waals surface area contributed by atoms with Gasteiger partial charge in [0.15, 0.2) is 0 Å². The smallest absolute Gasteiger partial charge is 0.258 e. The summed E-state index contributed by atoms with van der Waals surface area (Å²) < 4.78 is 7.47. The van der Waals surface area contributed by atoms with Crippen molar-refractivity contribution >= 4 is 18.0 Å². The second-order valence-electron chi connectivity index (χ2n) is 10.8. The predicted octanol–water partition coefficient (Wildman–Crippen LogP) is 2.58. The van der Waals surface area contributed by atoms with Crippen molar-refractivity contribution in [3.05, 3.63) is 17.8 Å². The first-order chi connectivity index (χ1) is 15.0. The molecule has 4 bridgehead atoms. The van der Waals surface area contributed by atoms with Gasteiger partial charge < -0.3 is 20.5 Å². The first-order valence-electron chi connectivity index (χ1n) is 11.7. The number of hydrogen-bond acceptors (Lipinski definition) is 5. The summed E-state index contributed by atoms with van der Waals surface area (Å²) in [5.74, 6) is 1.29. The SMILES string of the molecule is CNC(=O)C(C)(C)/C=C/n1ncc(C(=O)N[C@H]2C3CC4CC2C[C@](O)(C4)C3)c1OC(C)C. The van der Waals surface area contributed by atoms with Gasteiger partial charge in [0.25, 0.3) is 5.91 Å². The van der Waals surface area contributed by atoms with Crippen molar-refractivity contribution in [3.63, 3.8) is 0 Å². The zero-order valence-corrected chi connectivity index (χ0v) is 19.7. The summed E-state index contributed by atoms with van der Waals surface area (Å²) in [5, 5.41) is 21.1. The van der Waals surface area contributed by atoms with Crippen LogP contribution < -0.4 is 15.4 Å². The molecule has 4 aliphatic rings. The van der Waals surface area contributed by atoms with Gasteiger partial charge >= 0.3 is 0 Å². The summed E-state index contributed by atoms with van der Waals surface area (Å²) in [7, 11) is 1.60. The van der Waals surface area contributed by atoms with Crippen LogP contribution in [0, 0.1) is 23.2 Å². The van der Waals surface area contributed by atoms with E-state index in [0.717, 1.165) is 32.1 Å². The average molecular weight is 445 g/mol. The third-order valence-corrected chi connectivity index (χ3v) is 7.32. The standard InChI is InChI=1S/C24H36N4O4/c1-14(2)32-21-18(13-26-28(21)7-6-23(3,4)22(30)25-5)20(29)27-19-16-8-15-9-17(19)12-24(31,10-15)11-16/h6-7,13-17,19,31H,8-12H2,1-5H3,(H,25,30)(H,27,29)/b7-6+/t15?,16?,17?,19-,24-. The molecule has 1 aromatic rings. The van der Waals surface area contributed by atoms with Gasteiger partial charge in [0.2, 0.25) is 11.8 Å². The van der Waals surface area contributed by atoms with Crippen LogP contribution in [0.5, 0.6) is 5.88 Å². The molecule has 4 fully saturated rings. The molecule has 8 heteroatoms. The van der Waals surface area contributed by atoms with Crippen molar-refractivity contribution in [1.29, 1.82) is 0 Å². The van der Waals surface area contributed by atoms with Crippen LogP contribution in [0.15, 0.2) is 12.3 Å². The van der Waals surface area contributed by atoms with Gasteiger partial charge in [0, 0.05) is 19.3 Å². The van der Waals surface area contributed by atoms with E-state index in [0.29, 0.717) is 29.2 Å². The van der Waals surface area contributed by atoms with Crippen molar-refractivity contribution in [3.8, 4) is 5.88 Å². The second-order valence-corrected chi connectivity index (χ2v) is 10.8. The third-order valence-electron chi connectivity index (χ3n) is 7.32. The summed E-state index contributed by atoms with van der Waals surface area (Å²) in [6.07, 6.45) is 9.41. The van der Waals surface area contributed by atoms with Gasteiger partial charge in [-0.2, -0.15) is 5.10 Å². The number of carbonyl (C=O) groups excluding carboxylic acids is 2. The summed E-state index contributed by atoms with van der Waals surface area (Å²) in [6.45, 7) is 7.41. The van der Waals surface area contributed by atoms with Gasteiger partial charge in [-0.1, -0.05) is 6.08 Å². The summed E-state index contributed by atoms with van der Waals surface area (Å²) in [5.41, 5.74) is -0.885. The molecule has 0 radical (unpaired) electrons. The highest BCUT2D eigenvalue weighted by molar-refractivity contribution is 5.96. The van der Waals surface area contributed by atoms with Crippen LogP contribution in [0.3, 0.4) is 0 Å². The molecule has 0 saturated heterocycles. The van der Waals surface area contributed by atoms with Crippen molar-refractivity contribution in [2.75, 3.05) is 7.05 Å². The Hall–Kier alpha value is -2.35. The van der Waals surface area contributed by atoms with Crippen LogP contribution in [-0.2, 0) is 4.79 Å². The second kappa shape index (κ2) is 8.21. The van der Waals surface area contributed by atoms with E-state index < -0.39 is 11.0 Å². The molecule has 8 nitrogen and oxygen atoms in total. The quantitative estimate of drug-likeness (QED) is 0.599. The van der Waals surface area contributed by atoms with Crippen LogP contribution in [-0.4, -0.2) is 51.5 Å². The Kier molecular flexibility index (Phi) is 5.86. The maximum Gasteiger partial charge on any atom is 0.258 e. The van der Waals surface area contributed by atoms with Crippen molar-refractivity contribution in [1.82, 2.24) is 20.4 Å². The summed E-state index contributed by atoms with van der Waals surface area (Å²) >= 11 is 0. The Labute approximate surface area is 189 Å². The van der Waals surface area contributed by atoms with Crippen LogP contribution >= 0.6 is 0 Å². The van der Waals surface area contributed by atoms with Crippen molar-refractivity contribution in [2.24, 2.45) is 23.2 Å². The first kappa shape index (κ1) is 22.8. The van der Waals surface area contributed by atoms with Gasteiger partial charge in [-0.05, 0) is 77.6 Å². The molecule has 32 heavy (non-hydrogen) atoms. The van der Waals surface area contributed by atoms with E-state index in [9.17, 15) is 14.7 Å². The Balaban J connectivity index is 1.54. The Bertz CT molecular complexity index is 903. The van der Waals surface area contributed by atoms with Crippen LogP contribution in [0.25, 0.3) is 6.20 Å². The van der Waals surface area contributed by atoms with Crippen molar-refractivity contribution < 1.29 is 19.4 Å². The zero-order chi connectivity index (χ0) is 23.3. The zero-order valence-electron chi connectivity index (χ0n) is 19.7. The molecule has 1 heterocycles. The summed E-state index contributed by atoms with van der Waals surface area (Å²) in [4.78, 5) is 25.4. The number of carbonyl (C=O) groups is 2. The van der Waals surface area contributed by atoms with E-state index in [4.69, 9.17) is 4.74 Å². The Morgan fingerprint density at radius 3 is 2.50 bits per heavy atom. The van der Waals surface area contributed by atoms with Crippen LogP contribution in [0.4, 0.5) is 0 Å². The molecule has 176 valence electrons. The minimum Gasteiger partial charge on any atom is -0.474 e. The lowest BCUT2D eigenvalue weighted by Gasteiger charge is -2.58. The fourth-order valence-electron chi connectivity index (χ4n) is 6.05. The average Bonchev–Trinajstić information content (AvgIpc) is 3.09. The number of nitrogens with one attached hydrogen (secondary N) is 2. The molecule has 5 rings (SSSR count). The van der Waals surface area contributed by atoms with Crippen LogP contribution in [0.2, 0.25) is 0 Å². The highest BCUT2D eigenvalue weighted by Gasteiger charge is 2.55. The molecular formula is C24H36N4O4. The van der Waals surface area contributed by atoms with E-state index in [2.05, 4.69) is 15.7 Å². The van der Waals surface area contributed by atoms with E-state index in [1.807, 2.05) is 27.7 Å². The molecule has 4 aliphatic carbocycles. The van der Waals surface area contributed by atoms with E-state index in [-0.39, 0.29) is 24.0 Å². The highest BCUT2D eigenvalue weighted by atomic mass is 16.5. The van der Waals surface area contributed by atoms with E-state index >= 15 is 0 Å². The van der Waals surface area contributed by atoms with Gasteiger partial charge in [-0.15, -0.1) is 0 Å². The minimum atomic E-state index is -0.737. The van der Waals surface area contributed by atoms with Gasteiger partial charge in [-0.3, -0.25) is 9.59 Å². The predicted molar refractivity (Wildman–Crippen MR) is 121 cm³/mol. The third kappa shape index (κ3) is 4.29. The molecule has 4 saturated carbocycles. The largest absolute Gasteiger partial charge is 0.474 e. The van der Waals surface area contributed by atoms with Gasteiger partial charge in [-0.25, -0.2) is 4.68 Å². The molecule has 2 amide bonds. The molecule has 0 spiro atoms. The van der Waals surface area contributed by atoms with Gasteiger partial charge in [0.05, 0.1) is 23.3 Å². The summed E-state index contributed by atoms with van der Waals surface area (Å²) in [6, 6.07) is 0.0808. The van der Waals surface area contributed by atoms with Crippen molar-refractivity contribution in [2.45, 2.75) is 77.5 Å². The monoisotopic (exact) mass is 444 g/mol. The Morgan fingerprint density at radius 2 is 1.94 bits per heavy atom. The molecule has 0 aliphatic heterocycles. The lowest BCUT2D eigenvalue weighted by Crippen LogP contribution is -2.61. The van der Waals surface area contributed by atoms with Gasteiger partial charge in [0.1, 0.15) is 5.56 Å². The minimum absolute atomic E-state index is 0.0808. The number of nitrogens with zero attached hydrogens (tertiary/aromatic N) is 2. The van der Waals surface area contributed by atoms with Crippen LogP contribution in [0.1, 0.15) is 70.2 Å². The lowest BCUT2D eigenvalue weighted by atomic mass is 9.52. The molecule has 1 aromatic heterocycles. The molecule has 2 unspecified atom stereocenters. The lowest BCUT2D eigenvalue weighted by molar-refractivity contribution is -0.137. The topological polar surface area (TPSA) is 105 Å².